The van der Waals surface area contributed by atoms with Crippen molar-refractivity contribution in [2.24, 2.45) is 0 Å². The van der Waals surface area contributed by atoms with Gasteiger partial charge in [0.25, 0.3) is 0 Å². The van der Waals surface area contributed by atoms with Gasteiger partial charge in [0.05, 0.1) is 6.10 Å². The van der Waals surface area contributed by atoms with Gasteiger partial charge >= 0.3 is 0 Å². The lowest BCUT2D eigenvalue weighted by Crippen LogP contribution is -2.25. The minimum atomic E-state index is 0.482. The minimum Gasteiger partial charge on any atom is -0.378 e. The Morgan fingerprint density at radius 2 is 2.44 bits per heavy atom. The molecule has 2 heterocycles. The molecular weight excluding hydrogens is 200 g/mol. The Morgan fingerprint density at radius 3 is 3.19 bits per heavy atom. The van der Waals surface area contributed by atoms with E-state index in [1.54, 1.807) is 6.20 Å². The van der Waals surface area contributed by atoms with Crippen molar-refractivity contribution in [2.75, 3.05) is 13.2 Å². The third-order valence-electron chi connectivity index (χ3n) is 2.97. The Kier molecular flexibility index (Phi) is 4.77. The number of hydrogen-bond acceptors (Lipinski definition) is 3. The zero-order valence-electron chi connectivity index (χ0n) is 9.69. The molecule has 0 spiro atoms. The summed E-state index contributed by atoms with van der Waals surface area (Å²) < 4.78 is 5.68. The van der Waals surface area contributed by atoms with Crippen molar-refractivity contribution in [3.63, 3.8) is 0 Å². The van der Waals surface area contributed by atoms with Crippen molar-refractivity contribution in [3.05, 3.63) is 30.1 Å². The highest BCUT2D eigenvalue weighted by atomic mass is 16.5. The molecule has 1 aromatic rings. The molecule has 0 aromatic carbocycles. The van der Waals surface area contributed by atoms with E-state index in [1.165, 1.54) is 24.8 Å². The first-order valence-corrected chi connectivity index (χ1v) is 6.16. The van der Waals surface area contributed by atoms with Gasteiger partial charge in [-0.25, -0.2) is 0 Å². The van der Waals surface area contributed by atoms with Gasteiger partial charge in [0, 0.05) is 25.5 Å². The average Bonchev–Trinajstić information content (AvgIpc) is 2.37. The molecule has 3 nitrogen and oxygen atoms in total. The van der Waals surface area contributed by atoms with Crippen LogP contribution < -0.4 is 5.32 Å². The molecule has 1 aliphatic heterocycles. The SMILES string of the molecule is c1cncc(CNCCC2CCCCO2)c1. The quantitative estimate of drug-likeness (QED) is 0.772. The maximum absolute atomic E-state index is 5.68. The van der Waals surface area contributed by atoms with Crippen molar-refractivity contribution in [1.82, 2.24) is 10.3 Å². The normalized spacial score (nSPS) is 20.9. The van der Waals surface area contributed by atoms with Crippen LogP contribution in [0.5, 0.6) is 0 Å². The molecule has 88 valence electrons. The molecule has 1 saturated heterocycles. The van der Waals surface area contributed by atoms with Crippen LogP contribution in [-0.2, 0) is 11.3 Å². The number of ether oxygens (including phenoxy) is 1. The number of nitrogens with one attached hydrogen (secondary N) is 1. The fourth-order valence-electron chi connectivity index (χ4n) is 2.03. The lowest BCUT2D eigenvalue weighted by Gasteiger charge is -2.22. The molecular formula is C13H20N2O. The second kappa shape index (κ2) is 6.61. The second-order valence-corrected chi connectivity index (χ2v) is 4.32. The molecule has 1 fully saturated rings. The van der Waals surface area contributed by atoms with Crippen LogP contribution in [0.4, 0.5) is 0 Å². The summed E-state index contributed by atoms with van der Waals surface area (Å²) in [7, 11) is 0. The fraction of sp³-hybridized carbons (Fsp3) is 0.615. The number of rotatable bonds is 5. The molecule has 0 amide bonds. The summed E-state index contributed by atoms with van der Waals surface area (Å²) in [4.78, 5) is 4.09. The third kappa shape index (κ3) is 3.91. The number of nitrogens with zero attached hydrogens (tertiary/aromatic N) is 1. The van der Waals surface area contributed by atoms with Crippen molar-refractivity contribution in [3.8, 4) is 0 Å². The van der Waals surface area contributed by atoms with Crippen molar-refractivity contribution < 1.29 is 4.74 Å². The summed E-state index contributed by atoms with van der Waals surface area (Å²) in [5.74, 6) is 0. The number of hydrogen-bond donors (Lipinski definition) is 1. The number of pyridine rings is 1. The Bertz CT molecular complexity index is 283. The third-order valence-corrected chi connectivity index (χ3v) is 2.97. The van der Waals surface area contributed by atoms with E-state index in [9.17, 15) is 0 Å². The molecule has 3 heteroatoms. The molecule has 0 aliphatic carbocycles. The summed E-state index contributed by atoms with van der Waals surface area (Å²) in [6.07, 6.45) is 9.11. The maximum atomic E-state index is 5.68. The summed E-state index contributed by atoms with van der Waals surface area (Å²) >= 11 is 0. The fourth-order valence-corrected chi connectivity index (χ4v) is 2.03. The van der Waals surface area contributed by atoms with Crippen LogP contribution in [0.2, 0.25) is 0 Å². The summed E-state index contributed by atoms with van der Waals surface area (Å²) in [6, 6.07) is 4.07. The van der Waals surface area contributed by atoms with Crippen LogP contribution in [0.25, 0.3) is 0 Å². The summed E-state index contributed by atoms with van der Waals surface area (Å²) in [5.41, 5.74) is 1.24. The molecule has 1 N–H and O–H groups in total. The summed E-state index contributed by atoms with van der Waals surface area (Å²) in [6.45, 7) is 2.88. The van der Waals surface area contributed by atoms with Crippen molar-refractivity contribution in [2.45, 2.75) is 38.3 Å². The van der Waals surface area contributed by atoms with Crippen LogP contribution in [0.1, 0.15) is 31.2 Å². The van der Waals surface area contributed by atoms with Crippen molar-refractivity contribution >= 4 is 0 Å². The summed E-state index contributed by atoms with van der Waals surface area (Å²) in [5, 5.41) is 3.43. The predicted octanol–water partition coefficient (Wildman–Crippen LogP) is 2.13. The van der Waals surface area contributed by atoms with Gasteiger partial charge in [-0.3, -0.25) is 4.98 Å². The highest BCUT2D eigenvalue weighted by Gasteiger charge is 2.12. The first-order valence-electron chi connectivity index (χ1n) is 6.16. The molecule has 1 aliphatic rings. The molecule has 0 saturated carbocycles. The second-order valence-electron chi connectivity index (χ2n) is 4.32. The lowest BCUT2D eigenvalue weighted by atomic mass is 10.1. The predicted molar refractivity (Wildman–Crippen MR) is 64.2 cm³/mol. The number of aromatic nitrogens is 1. The van der Waals surface area contributed by atoms with E-state index in [0.717, 1.165) is 26.1 Å². The van der Waals surface area contributed by atoms with Crippen LogP contribution in [0, 0.1) is 0 Å². The maximum Gasteiger partial charge on any atom is 0.0587 e. The minimum absolute atomic E-state index is 0.482. The Hall–Kier alpha value is -0.930. The van der Waals surface area contributed by atoms with Gasteiger partial charge in [-0.2, -0.15) is 0 Å². The van der Waals surface area contributed by atoms with Crippen LogP contribution in [-0.4, -0.2) is 24.2 Å². The molecule has 2 rings (SSSR count). The van der Waals surface area contributed by atoms with E-state index in [1.807, 2.05) is 12.3 Å². The van der Waals surface area contributed by atoms with E-state index in [4.69, 9.17) is 4.74 Å². The topological polar surface area (TPSA) is 34.2 Å². The van der Waals surface area contributed by atoms with Gasteiger partial charge in [-0.15, -0.1) is 0 Å². The zero-order chi connectivity index (χ0) is 11.1. The highest BCUT2D eigenvalue weighted by molar-refractivity contribution is 5.07. The monoisotopic (exact) mass is 220 g/mol. The lowest BCUT2D eigenvalue weighted by molar-refractivity contribution is 0.0115. The smallest absolute Gasteiger partial charge is 0.0587 e. The van der Waals surface area contributed by atoms with Crippen LogP contribution in [0.3, 0.4) is 0 Å². The van der Waals surface area contributed by atoms with Gasteiger partial charge in [-0.05, 0) is 43.9 Å². The molecule has 16 heavy (non-hydrogen) atoms. The molecule has 1 aromatic heterocycles. The molecule has 0 bridgehead atoms. The molecule has 0 radical (unpaired) electrons. The van der Waals surface area contributed by atoms with Gasteiger partial charge < -0.3 is 10.1 Å². The van der Waals surface area contributed by atoms with E-state index in [-0.39, 0.29) is 0 Å². The Balaban J connectivity index is 1.58. The molecule has 1 unspecified atom stereocenters. The van der Waals surface area contributed by atoms with E-state index in [0.29, 0.717) is 6.10 Å². The first kappa shape index (κ1) is 11.6. The Labute approximate surface area is 97.2 Å². The van der Waals surface area contributed by atoms with Gasteiger partial charge in [-0.1, -0.05) is 6.07 Å². The van der Waals surface area contributed by atoms with Crippen LogP contribution in [0.15, 0.2) is 24.5 Å². The van der Waals surface area contributed by atoms with E-state index in [2.05, 4.69) is 16.4 Å². The van der Waals surface area contributed by atoms with E-state index < -0.39 is 0 Å². The van der Waals surface area contributed by atoms with Gasteiger partial charge in [0.1, 0.15) is 0 Å². The first-order chi connectivity index (χ1) is 7.95. The van der Waals surface area contributed by atoms with Gasteiger partial charge in [0.2, 0.25) is 0 Å². The zero-order valence-corrected chi connectivity index (χ0v) is 9.69. The Morgan fingerprint density at radius 1 is 1.44 bits per heavy atom. The standard InChI is InChI=1S/C13H20N2O/c1-2-9-16-13(5-1)6-8-15-11-12-4-3-7-14-10-12/h3-4,7,10,13,15H,1-2,5-6,8-9,11H2. The van der Waals surface area contributed by atoms with E-state index >= 15 is 0 Å². The largest absolute Gasteiger partial charge is 0.378 e. The highest BCUT2D eigenvalue weighted by Crippen LogP contribution is 2.14. The average molecular weight is 220 g/mol. The van der Waals surface area contributed by atoms with Gasteiger partial charge in [0.15, 0.2) is 0 Å². The van der Waals surface area contributed by atoms with Crippen LogP contribution >= 0.6 is 0 Å². The van der Waals surface area contributed by atoms with Crippen molar-refractivity contribution in [1.29, 1.82) is 0 Å². The molecule has 1 atom stereocenters.